The zero-order valence-corrected chi connectivity index (χ0v) is 12.7. The molecule has 1 aromatic rings. The first-order valence-electron chi connectivity index (χ1n) is 6.56. The van der Waals surface area contributed by atoms with Crippen molar-refractivity contribution in [1.29, 1.82) is 0 Å². The Balaban J connectivity index is 2.72. The Labute approximate surface area is 124 Å². The van der Waals surface area contributed by atoms with Crippen LogP contribution in [-0.4, -0.2) is 29.9 Å². The van der Waals surface area contributed by atoms with Gasteiger partial charge in [-0.3, -0.25) is 10.1 Å². The fourth-order valence-electron chi connectivity index (χ4n) is 1.60. The predicted octanol–water partition coefficient (Wildman–Crippen LogP) is 2.63. The van der Waals surface area contributed by atoms with Gasteiger partial charge in [-0.15, -0.1) is 0 Å². The molecule has 1 atom stereocenters. The van der Waals surface area contributed by atoms with E-state index >= 15 is 0 Å². The predicted molar refractivity (Wildman–Crippen MR) is 77.9 cm³/mol. The van der Waals surface area contributed by atoms with E-state index < -0.39 is 23.8 Å². The highest BCUT2D eigenvalue weighted by Crippen LogP contribution is 2.21. The number of hydrogen-bond acceptors (Lipinski definition) is 5. The van der Waals surface area contributed by atoms with Gasteiger partial charge in [-0.05, 0) is 38.5 Å². The fourth-order valence-corrected chi connectivity index (χ4v) is 1.60. The second kappa shape index (κ2) is 7.08. The molecule has 1 amide bonds. The summed E-state index contributed by atoms with van der Waals surface area (Å²) < 4.78 is 9.64. The highest BCUT2D eigenvalue weighted by molar-refractivity contribution is 5.85. The van der Waals surface area contributed by atoms with E-state index in [2.05, 4.69) is 10.1 Å². The van der Waals surface area contributed by atoms with Crippen LogP contribution in [0.4, 0.5) is 10.5 Å². The number of hydrogen-bond donors (Lipinski definition) is 2. The molecule has 6 heteroatoms. The van der Waals surface area contributed by atoms with Gasteiger partial charge in [0.1, 0.15) is 5.60 Å². The molecule has 0 saturated carbocycles. The number of anilines is 1. The summed E-state index contributed by atoms with van der Waals surface area (Å²) >= 11 is 0. The minimum Gasteiger partial charge on any atom is -0.469 e. The Kier molecular flexibility index (Phi) is 5.72. The van der Waals surface area contributed by atoms with Crippen LogP contribution in [0.1, 0.15) is 38.9 Å². The summed E-state index contributed by atoms with van der Waals surface area (Å²) in [7, 11) is 1.26. The highest BCUT2D eigenvalue weighted by Gasteiger charge is 2.17. The molecule has 0 saturated heterocycles. The Morgan fingerprint density at radius 2 is 2.00 bits per heavy atom. The maximum absolute atomic E-state index is 11.7. The van der Waals surface area contributed by atoms with Gasteiger partial charge >= 0.3 is 12.1 Å². The average molecular weight is 295 g/mol. The molecular weight excluding hydrogens is 274 g/mol. The van der Waals surface area contributed by atoms with Crippen LogP contribution in [0, 0.1) is 0 Å². The van der Waals surface area contributed by atoms with E-state index in [1.165, 1.54) is 7.11 Å². The van der Waals surface area contributed by atoms with Crippen LogP contribution in [-0.2, 0) is 14.3 Å². The van der Waals surface area contributed by atoms with Gasteiger partial charge in [0.05, 0.1) is 19.6 Å². The maximum atomic E-state index is 11.7. The van der Waals surface area contributed by atoms with Gasteiger partial charge < -0.3 is 14.6 Å². The molecule has 0 aromatic heterocycles. The van der Waals surface area contributed by atoms with E-state index in [9.17, 15) is 14.7 Å². The topological polar surface area (TPSA) is 84.9 Å². The molecule has 21 heavy (non-hydrogen) atoms. The van der Waals surface area contributed by atoms with Crippen LogP contribution >= 0.6 is 0 Å². The van der Waals surface area contributed by atoms with Crippen LogP contribution in [0.15, 0.2) is 24.3 Å². The Hall–Kier alpha value is -2.08. The summed E-state index contributed by atoms with van der Waals surface area (Å²) in [5, 5.41) is 12.5. The summed E-state index contributed by atoms with van der Waals surface area (Å²) in [5.74, 6) is -0.506. The first-order chi connectivity index (χ1) is 9.71. The number of aliphatic hydroxyl groups is 1. The van der Waals surface area contributed by atoms with Crippen LogP contribution in [0.3, 0.4) is 0 Å². The normalized spacial score (nSPS) is 12.4. The lowest BCUT2D eigenvalue weighted by atomic mass is 10.1. The Morgan fingerprint density at radius 1 is 1.33 bits per heavy atom. The summed E-state index contributed by atoms with van der Waals surface area (Å²) in [4.78, 5) is 22.8. The molecule has 6 nitrogen and oxygen atoms in total. The van der Waals surface area contributed by atoms with Crippen LogP contribution in [0.2, 0.25) is 0 Å². The van der Waals surface area contributed by atoms with E-state index in [4.69, 9.17) is 4.74 Å². The van der Waals surface area contributed by atoms with E-state index in [0.717, 1.165) is 0 Å². The monoisotopic (exact) mass is 295 g/mol. The van der Waals surface area contributed by atoms with Gasteiger partial charge in [0.15, 0.2) is 0 Å². The number of nitrogens with one attached hydrogen (secondary N) is 1. The molecular formula is C15H21NO5. The minimum atomic E-state index is -0.988. The van der Waals surface area contributed by atoms with Crippen molar-refractivity contribution < 1.29 is 24.2 Å². The number of esters is 1. The Bertz CT molecular complexity index is 507. The van der Waals surface area contributed by atoms with Gasteiger partial charge in [0.2, 0.25) is 0 Å². The lowest BCUT2D eigenvalue weighted by Crippen LogP contribution is -2.27. The van der Waals surface area contributed by atoms with Gasteiger partial charge in [0.25, 0.3) is 0 Å². The number of amides is 1. The van der Waals surface area contributed by atoms with Gasteiger partial charge in [-0.1, -0.05) is 12.1 Å². The zero-order valence-electron chi connectivity index (χ0n) is 12.7. The van der Waals surface area contributed by atoms with Crippen LogP contribution < -0.4 is 5.32 Å². The lowest BCUT2D eigenvalue weighted by molar-refractivity contribution is -0.142. The Morgan fingerprint density at radius 3 is 2.57 bits per heavy atom. The van der Waals surface area contributed by atoms with Crippen molar-refractivity contribution in [2.45, 2.75) is 38.9 Å². The van der Waals surface area contributed by atoms with Crippen molar-refractivity contribution in [3.8, 4) is 0 Å². The first kappa shape index (κ1) is 17.0. The van der Waals surface area contributed by atoms with Gasteiger partial charge in [-0.25, -0.2) is 4.79 Å². The van der Waals surface area contributed by atoms with Crippen LogP contribution in [0.5, 0.6) is 0 Å². The molecule has 0 fully saturated rings. The fraction of sp³-hybridized carbons (Fsp3) is 0.467. The van der Waals surface area contributed by atoms with Gasteiger partial charge in [-0.2, -0.15) is 0 Å². The highest BCUT2D eigenvalue weighted by atomic mass is 16.6. The van der Waals surface area contributed by atoms with E-state index in [1.54, 1.807) is 45.0 Å². The third-order valence-corrected chi connectivity index (χ3v) is 2.50. The molecule has 0 radical (unpaired) electrons. The molecule has 0 unspecified atom stereocenters. The molecule has 2 N–H and O–H groups in total. The van der Waals surface area contributed by atoms with Crippen molar-refractivity contribution in [2.24, 2.45) is 0 Å². The molecule has 0 aliphatic carbocycles. The van der Waals surface area contributed by atoms with Crippen molar-refractivity contribution in [3.63, 3.8) is 0 Å². The number of ether oxygens (including phenoxy) is 2. The third-order valence-electron chi connectivity index (χ3n) is 2.50. The second-order valence-corrected chi connectivity index (χ2v) is 5.55. The third kappa shape index (κ3) is 6.27. The molecule has 0 spiro atoms. The molecule has 1 aromatic carbocycles. The van der Waals surface area contributed by atoms with Gasteiger partial charge in [0, 0.05) is 5.69 Å². The van der Waals surface area contributed by atoms with Crippen molar-refractivity contribution in [3.05, 3.63) is 29.8 Å². The molecule has 116 valence electrons. The zero-order chi connectivity index (χ0) is 16.0. The average Bonchev–Trinajstić information content (AvgIpc) is 2.36. The smallest absolute Gasteiger partial charge is 0.412 e. The maximum Gasteiger partial charge on any atom is 0.412 e. The molecule has 0 heterocycles. The van der Waals surface area contributed by atoms with Crippen LogP contribution in [0.25, 0.3) is 0 Å². The summed E-state index contributed by atoms with van der Waals surface area (Å²) in [6.07, 6.45) is -1.72. The number of methoxy groups -OCH3 is 1. The standard InChI is InChI=1S/C15H21NO5/c1-15(2,3)21-14(19)16-11-7-5-6-10(8-11)12(17)9-13(18)20-4/h5-8,12,17H,9H2,1-4H3,(H,16,19)/t12-/m0/s1. The molecule has 1 rings (SSSR count). The molecule has 0 aliphatic rings. The van der Waals surface area contributed by atoms with E-state index in [1.807, 2.05) is 0 Å². The number of rotatable bonds is 4. The lowest BCUT2D eigenvalue weighted by Gasteiger charge is -2.20. The molecule has 0 bridgehead atoms. The number of aliphatic hydroxyl groups excluding tert-OH is 1. The number of carbonyl (C=O) groups is 2. The first-order valence-corrected chi connectivity index (χ1v) is 6.56. The van der Waals surface area contributed by atoms with E-state index in [0.29, 0.717) is 11.3 Å². The van der Waals surface area contributed by atoms with Crippen molar-refractivity contribution >= 4 is 17.7 Å². The number of benzene rings is 1. The van der Waals surface area contributed by atoms with E-state index in [-0.39, 0.29) is 6.42 Å². The minimum absolute atomic E-state index is 0.146. The molecule has 0 aliphatic heterocycles. The quantitative estimate of drug-likeness (QED) is 0.834. The summed E-state index contributed by atoms with van der Waals surface area (Å²) in [6, 6.07) is 6.58. The summed E-state index contributed by atoms with van der Waals surface area (Å²) in [6.45, 7) is 5.30. The summed E-state index contributed by atoms with van der Waals surface area (Å²) in [5.41, 5.74) is 0.395. The second-order valence-electron chi connectivity index (χ2n) is 5.55. The number of carbonyl (C=O) groups excluding carboxylic acids is 2. The largest absolute Gasteiger partial charge is 0.469 e. The SMILES string of the molecule is COC(=O)C[C@H](O)c1cccc(NC(=O)OC(C)(C)C)c1. The van der Waals surface area contributed by atoms with Crippen molar-refractivity contribution in [2.75, 3.05) is 12.4 Å². The van der Waals surface area contributed by atoms with Crippen molar-refractivity contribution in [1.82, 2.24) is 0 Å².